The Kier molecular flexibility index (Phi) is 6.67. The van der Waals surface area contributed by atoms with Crippen LogP contribution in [-0.4, -0.2) is 27.8 Å². The predicted octanol–water partition coefficient (Wildman–Crippen LogP) is 4.94. The largest absolute Gasteiger partial charge is 0.325 e. The summed E-state index contributed by atoms with van der Waals surface area (Å²) in [5.41, 5.74) is 5.36. The number of thioether (sulfide) groups is 1. The number of aryl methyl sites for hydroxylation is 3. The van der Waals surface area contributed by atoms with Gasteiger partial charge in [-0.15, -0.1) is 10.2 Å². The predicted molar refractivity (Wildman–Crippen MR) is 126 cm³/mol. The molecule has 31 heavy (non-hydrogen) atoms. The molecule has 1 aromatic heterocycles. The van der Waals surface area contributed by atoms with Crippen molar-refractivity contribution in [1.29, 1.82) is 0 Å². The minimum absolute atomic E-state index is 0.0487. The number of hydrogen-bond acceptors (Lipinski definition) is 6. The molecule has 1 unspecified atom stereocenters. The van der Waals surface area contributed by atoms with Crippen molar-refractivity contribution in [3.05, 3.63) is 64.7 Å². The maximum absolute atomic E-state index is 12.8. The third-order valence-electron chi connectivity index (χ3n) is 5.31. The van der Waals surface area contributed by atoms with Crippen molar-refractivity contribution >= 4 is 45.7 Å². The standard InChI is InChI=1S/C23H24N4O2S2/c1-14-10-11-19(15(2)12-14)24-20(28)13-30-23-27-26-22(31-23)25-21(29)18-9-5-7-16-6-3-4-8-17(16)18/h3-4,6,8,10-12,18H,5,7,9,13H2,1-2H3,(H,24,28)(H,25,26,29). The molecule has 4 rings (SSSR count). The Morgan fingerprint density at radius 1 is 1.13 bits per heavy atom. The van der Waals surface area contributed by atoms with Crippen LogP contribution in [0, 0.1) is 13.8 Å². The van der Waals surface area contributed by atoms with Gasteiger partial charge in [0.1, 0.15) is 0 Å². The molecule has 2 aromatic carbocycles. The molecule has 1 aliphatic rings. The number of rotatable bonds is 6. The van der Waals surface area contributed by atoms with Gasteiger partial charge >= 0.3 is 0 Å². The summed E-state index contributed by atoms with van der Waals surface area (Å²) < 4.78 is 0.648. The fourth-order valence-corrected chi connectivity index (χ4v) is 5.36. The van der Waals surface area contributed by atoms with Gasteiger partial charge in [-0.25, -0.2) is 0 Å². The van der Waals surface area contributed by atoms with Crippen LogP contribution < -0.4 is 10.6 Å². The van der Waals surface area contributed by atoms with Crippen molar-refractivity contribution in [2.24, 2.45) is 0 Å². The lowest BCUT2D eigenvalue weighted by atomic mass is 9.82. The van der Waals surface area contributed by atoms with Crippen LogP contribution in [0.1, 0.15) is 41.0 Å². The maximum Gasteiger partial charge on any atom is 0.234 e. The van der Waals surface area contributed by atoms with Crippen LogP contribution in [0.2, 0.25) is 0 Å². The van der Waals surface area contributed by atoms with Gasteiger partial charge in [-0.3, -0.25) is 14.9 Å². The molecule has 2 amide bonds. The summed E-state index contributed by atoms with van der Waals surface area (Å²) in [5, 5.41) is 14.5. The molecule has 0 radical (unpaired) electrons. The number of fused-ring (bicyclic) bond motifs is 1. The van der Waals surface area contributed by atoms with E-state index in [0.717, 1.165) is 41.6 Å². The second-order valence-electron chi connectivity index (χ2n) is 7.66. The second kappa shape index (κ2) is 9.62. The summed E-state index contributed by atoms with van der Waals surface area (Å²) in [7, 11) is 0. The van der Waals surface area contributed by atoms with Gasteiger partial charge in [0.05, 0.1) is 11.7 Å². The highest BCUT2D eigenvalue weighted by molar-refractivity contribution is 8.01. The van der Waals surface area contributed by atoms with Crippen LogP contribution in [0.5, 0.6) is 0 Å². The molecule has 0 saturated carbocycles. The molecule has 0 fully saturated rings. The van der Waals surface area contributed by atoms with Crippen LogP contribution >= 0.6 is 23.1 Å². The van der Waals surface area contributed by atoms with E-state index in [1.807, 2.05) is 50.2 Å². The monoisotopic (exact) mass is 452 g/mol. The zero-order valence-electron chi connectivity index (χ0n) is 17.5. The topological polar surface area (TPSA) is 84.0 Å². The molecule has 0 spiro atoms. The van der Waals surface area contributed by atoms with E-state index in [1.165, 1.54) is 28.7 Å². The summed E-state index contributed by atoms with van der Waals surface area (Å²) in [4.78, 5) is 25.1. The number of anilines is 2. The van der Waals surface area contributed by atoms with Crippen molar-refractivity contribution in [1.82, 2.24) is 10.2 Å². The highest BCUT2D eigenvalue weighted by Crippen LogP contribution is 2.33. The van der Waals surface area contributed by atoms with Crippen molar-refractivity contribution in [3.63, 3.8) is 0 Å². The lowest BCUT2D eigenvalue weighted by molar-refractivity contribution is -0.118. The number of amides is 2. The highest BCUT2D eigenvalue weighted by Gasteiger charge is 2.27. The molecule has 3 aromatic rings. The molecule has 1 aliphatic carbocycles. The summed E-state index contributed by atoms with van der Waals surface area (Å²) in [5.74, 6) is -0.0798. The molecule has 0 aliphatic heterocycles. The van der Waals surface area contributed by atoms with E-state index in [4.69, 9.17) is 0 Å². The zero-order valence-corrected chi connectivity index (χ0v) is 19.1. The second-order valence-corrected chi connectivity index (χ2v) is 9.86. The van der Waals surface area contributed by atoms with Crippen LogP contribution in [0.3, 0.4) is 0 Å². The number of hydrogen-bond donors (Lipinski definition) is 2. The third kappa shape index (κ3) is 5.32. The zero-order chi connectivity index (χ0) is 21.8. The van der Waals surface area contributed by atoms with E-state index >= 15 is 0 Å². The van der Waals surface area contributed by atoms with E-state index in [0.29, 0.717) is 9.47 Å². The molecule has 1 heterocycles. The Morgan fingerprint density at radius 3 is 2.81 bits per heavy atom. The van der Waals surface area contributed by atoms with E-state index in [9.17, 15) is 9.59 Å². The van der Waals surface area contributed by atoms with Gasteiger partial charge in [0, 0.05) is 5.69 Å². The molecule has 8 heteroatoms. The Hall–Kier alpha value is -2.71. The first-order valence-electron chi connectivity index (χ1n) is 10.2. The Labute approximate surface area is 189 Å². The fourth-order valence-electron chi connectivity index (χ4n) is 3.80. The Morgan fingerprint density at radius 2 is 1.97 bits per heavy atom. The number of benzene rings is 2. The summed E-state index contributed by atoms with van der Waals surface area (Å²) in [6, 6.07) is 14.0. The lowest BCUT2D eigenvalue weighted by Crippen LogP contribution is -2.24. The molecule has 0 bridgehead atoms. The van der Waals surface area contributed by atoms with E-state index in [2.05, 4.69) is 26.9 Å². The summed E-state index contributed by atoms with van der Waals surface area (Å²) >= 11 is 2.60. The molecule has 160 valence electrons. The van der Waals surface area contributed by atoms with E-state index < -0.39 is 0 Å². The first-order chi connectivity index (χ1) is 15.0. The average Bonchev–Trinajstić information content (AvgIpc) is 3.21. The highest BCUT2D eigenvalue weighted by atomic mass is 32.2. The van der Waals surface area contributed by atoms with Crippen molar-refractivity contribution in [2.75, 3.05) is 16.4 Å². The van der Waals surface area contributed by atoms with Gasteiger partial charge in [-0.05, 0) is 55.9 Å². The molecular formula is C23H24N4O2S2. The van der Waals surface area contributed by atoms with Gasteiger partial charge in [-0.1, -0.05) is 65.1 Å². The fraction of sp³-hybridized carbons (Fsp3) is 0.304. The van der Waals surface area contributed by atoms with Crippen LogP contribution in [0.15, 0.2) is 46.8 Å². The number of carbonyl (C=O) groups excluding carboxylic acids is 2. The van der Waals surface area contributed by atoms with Crippen LogP contribution in [-0.2, 0) is 16.0 Å². The minimum Gasteiger partial charge on any atom is -0.325 e. The van der Waals surface area contributed by atoms with Crippen molar-refractivity contribution in [2.45, 2.75) is 43.4 Å². The SMILES string of the molecule is Cc1ccc(NC(=O)CSc2nnc(NC(=O)C3CCCc4ccccc43)s2)c(C)c1. The molecule has 0 saturated heterocycles. The van der Waals surface area contributed by atoms with E-state index in [1.54, 1.807) is 0 Å². The average molecular weight is 453 g/mol. The van der Waals surface area contributed by atoms with Gasteiger partial charge < -0.3 is 5.32 Å². The molecule has 2 N–H and O–H groups in total. The number of nitrogens with zero attached hydrogens (tertiary/aromatic N) is 2. The number of aromatic nitrogens is 2. The number of carbonyl (C=O) groups is 2. The first-order valence-corrected chi connectivity index (χ1v) is 12.0. The Balaban J connectivity index is 1.31. The third-order valence-corrected chi connectivity index (χ3v) is 7.28. The van der Waals surface area contributed by atoms with Gasteiger partial charge in [-0.2, -0.15) is 0 Å². The van der Waals surface area contributed by atoms with Gasteiger partial charge in [0.25, 0.3) is 0 Å². The molecular weight excluding hydrogens is 428 g/mol. The normalized spacial score (nSPS) is 15.2. The van der Waals surface area contributed by atoms with E-state index in [-0.39, 0.29) is 23.5 Å². The van der Waals surface area contributed by atoms with Crippen LogP contribution in [0.25, 0.3) is 0 Å². The maximum atomic E-state index is 12.8. The minimum atomic E-state index is -0.159. The smallest absolute Gasteiger partial charge is 0.234 e. The number of nitrogens with one attached hydrogen (secondary N) is 2. The summed E-state index contributed by atoms with van der Waals surface area (Å²) in [6.07, 6.45) is 2.85. The van der Waals surface area contributed by atoms with Crippen molar-refractivity contribution < 1.29 is 9.59 Å². The van der Waals surface area contributed by atoms with Gasteiger partial charge in [0.15, 0.2) is 4.34 Å². The van der Waals surface area contributed by atoms with Gasteiger partial charge in [0.2, 0.25) is 16.9 Å². The Bertz CT molecular complexity index is 1110. The quantitative estimate of drug-likeness (QED) is 0.409. The lowest BCUT2D eigenvalue weighted by Gasteiger charge is -2.24. The van der Waals surface area contributed by atoms with Crippen LogP contribution in [0.4, 0.5) is 10.8 Å². The first kappa shape index (κ1) is 21.5. The molecule has 6 nitrogen and oxygen atoms in total. The molecule has 1 atom stereocenters. The van der Waals surface area contributed by atoms with Crippen molar-refractivity contribution in [3.8, 4) is 0 Å². The summed E-state index contributed by atoms with van der Waals surface area (Å²) in [6.45, 7) is 3.99.